The van der Waals surface area contributed by atoms with E-state index in [0.29, 0.717) is 13.0 Å². The number of carbonyl (C=O) groups excluding carboxylic acids is 1. The van der Waals surface area contributed by atoms with Gasteiger partial charge in [-0.1, -0.05) is 18.2 Å². The van der Waals surface area contributed by atoms with Crippen LogP contribution in [0.1, 0.15) is 17.5 Å². The fourth-order valence-corrected chi connectivity index (χ4v) is 2.44. The van der Waals surface area contributed by atoms with Gasteiger partial charge in [0, 0.05) is 13.6 Å². The molecule has 0 bridgehead atoms. The summed E-state index contributed by atoms with van der Waals surface area (Å²) in [5.74, 6) is -0.188. The first-order valence-electron chi connectivity index (χ1n) is 6.37. The summed E-state index contributed by atoms with van der Waals surface area (Å²) in [5, 5.41) is 2.53. The predicted molar refractivity (Wildman–Crippen MR) is 68.6 cm³/mol. The highest BCUT2D eigenvalue weighted by Gasteiger charge is 2.35. The monoisotopic (exact) mass is 285 g/mol. The minimum Gasteiger partial charge on any atom is -0.358 e. The van der Waals surface area contributed by atoms with Crippen LogP contribution in [-0.4, -0.2) is 30.4 Å². The number of alkyl halides is 3. The Labute approximate surface area is 115 Å². The number of amides is 1. The minimum absolute atomic E-state index is 0.115. The van der Waals surface area contributed by atoms with E-state index < -0.39 is 17.8 Å². The first-order chi connectivity index (χ1) is 9.43. The van der Waals surface area contributed by atoms with Crippen LogP contribution in [0.4, 0.5) is 13.2 Å². The molecule has 2 rings (SSSR count). The topological polar surface area (TPSA) is 32.3 Å². The minimum atomic E-state index is -4.37. The number of nitrogens with zero attached hydrogens (tertiary/aromatic N) is 1. The lowest BCUT2D eigenvalue weighted by molar-refractivity contribution is -0.138. The van der Waals surface area contributed by atoms with Crippen molar-refractivity contribution in [2.45, 2.75) is 25.2 Å². The molecule has 20 heavy (non-hydrogen) atoms. The summed E-state index contributed by atoms with van der Waals surface area (Å²) in [6, 6.07) is 5.03. The molecule has 0 aliphatic carbocycles. The number of likely N-dealkylation sites (N-methyl/N-ethyl adjacent to an activating group) is 1. The first kappa shape index (κ1) is 14.8. The molecule has 3 nitrogen and oxygen atoms in total. The zero-order chi connectivity index (χ0) is 14.8. The van der Waals surface area contributed by atoms with Crippen molar-refractivity contribution in [3.63, 3.8) is 0 Å². The number of hydrogen-bond acceptors (Lipinski definition) is 2. The summed E-state index contributed by atoms with van der Waals surface area (Å²) < 4.78 is 38.8. The van der Waals surface area contributed by atoms with E-state index in [9.17, 15) is 18.0 Å². The number of nitrogens with one attached hydrogen (secondary N) is 1. The van der Waals surface area contributed by atoms with Gasteiger partial charge in [0.2, 0.25) is 5.91 Å². The Kier molecular flexibility index (Phi) is 4.32. The fraction of sp³-hybridized carbons (Fsp3) is 0.429. The van der Waals surface area contributed by atoms with Gasteiger partial charge in [0.05, 0.1) is 11.6 Å². The van der Waals surface area contributed by atoms with Gasteiger partial charge < -0.3 is 5.32 Å². The van der Waals surface area contributed by atoms with Crippen LogP contribution in [0.5, 0.6) is 0 Å². The molecule has 109 valence electrons. The molecule has 6 heteroatoms. The average molecular weight is 285 g/mol. The third-order valence-corrected chi connectivity index (χ3v) is 3.41. The van der Waals surface area contributed by atoms with Gasteiger partial charge in [-0.25, -0.2) is 0 Å². The van der Waals surface area contributed by atoms with Crippen LogP contribution in [0.15, 0.2) is 24.3 Å². The van der Waals surface area contributed by atoms with Gasteiger partial charge in [0.1, 0.15) is 0 Å². The molecule has 1 N–H and O–H groups in total. The van der Waals surface area contributed by atoms with Gasteiger partial charge in [-0.05, 0) is 31.0 Å². The van der Waals surface area contributed by atoms with Crippen molar-refractivity contribution in [1.29, 1.82) is 0 Å². The third kappa shape index (κ3) is 3.12. The Hall–Kier alpha value is -1.56. The zero-order valence-electron chi connectivity index (χ0n) is 11.1. The van der Waals surface area contributed by atoms with Crippen LogP contribution < -0.4 is 5.32 Å². The van der Waals surface area contributed by atoms with Gasteiger partial charge in [0.15, 0.2) is 0 Å². The Balaban J connectivity index is 2.20. The molecule has 0 aromatic heterocycles. The molecule has 1 amide bonds. The van der Waals surface area contributed by atoms with Crippen molar-refractivity contribution in [3.8, 4) is 0 Å². The second kappa shape index (κ2) is 5.83. The van der Waals surface area contributed by atoms with E-state index in [4.69, 9.17) is 0 Å². The van der Waals surface area contributed by atoms with Crippen LogP contribution in [0.25, 0.3) is 0 Å². The molecular formula is C14H16F3N2O. The van der Waals surface area contributed by atoms with E-state index in [1.54, 1.807) is 11.0 Å². The van der Waals surface area contributed by atoms with E-state index in [0.717, 1.165) is 6.07 Å². The normalized spacial score (nSPS) is 20.1. The summed E-state index contributed by atoms with van der Waals surface area (Å²) in [7, 11) is 1.52. The molecule has 1 atom stereocenters. The van der Waals surface area contributed by atoms with Crippen molar-refractivity contribution in [2.75, 3.05) is 13.6 Å². The quantitative estimate of drug-likeness (QED) is 0.923. The zero-order valence-corrected chi connectivity index (χ0v) is 11.1. The van der Waals surface area contributed by atoms with Gasteiger partial charge in [-0.3, -0.25) is 9.69 Å². The van der Waals surface area contributed by atoms with E-state index in [1.165, 1.54) is 19.2 Å². The molecule has 1 aromatic rings. The fourth-order valence-electron chi connectivity index (χ4n) is 2.44. The maximum atomic E-state index is 12.9. The molecule has 0 spiro atoms. The van der Waals surface area contributed by atoms with E-state index in [2.05, 4.69) is 5.32 Å². The van der Waals surface area contributed by atoms with Crippen LogP contribution in [0, 0.1) is 6.42 Å². The maximum absolute atomic E-state index is 12.9. The molecule has 1 aliphatic heterocycles. The SMILES string of the molecule is CNC(=O)C1[CH]CCN1Cc1ccccc1C(F)(F)F. The second-order valence-electron chi connectivity index (χ2n) is 4.71. The number of benzene rings is 1. The van der Waals surface area contributed by atoms with Crippen LogP contribution in [0.2, 0.25) is 0 Å². The maximum Gasteiger partial charge on any atom is 0.416 e. The molecule has 0 saturated carbocycles. The summed E-state index contributed by atoms with van der Waals surface area (Å²) in [4.78, 5) is 13.4. The van der Waals surface area contributed by atoms with Gasteiger partial charge in [-0.2, -0.15) is 13.2 Å². The summed E-state index contributed by atoms with van der Waals surface area (Å²) >= 11 is 0. The lowest BCUT2D eigenvalue weighted by Crippen LogP contribution is -2.41. The summed E-state index contributed by atoms with van der Waals surface area (Å²) in [5.41, 5.74) is -0.438. The van der Waals surface area contributed by atoms with Gasteiger partial charge in [0.25, 0.3) is 0 Å². The van der Waals surface area contributed by atoms with Crippen molar-refractivity contribution >= 4 is 5.91 Å². The molecule has 1 aliphatic rings. The molecular weight excluding hydrogens is 269 g/mol. The summed E-state index contributed by atoms with van der Waals surface area (Å²) in [6.07, 6.45) is -1.84. The van der Waals surface area contributed by atoms with Crippen molar-refractivity contribution in [3.05, 3.63) is 41.8 Å². The van der Waals surface area contributed by atoms with E-state index in [1.807, 2.05) is 6.42 Å². The average Bonchev–Trinajstić information content (AvgIpc) is 2.85. The van der Waals surface area contributed by atoms with Gasteiger partial charge >= 0.3 is 6.18 Å². The number of carbonyl (C=O) groups is 1. The third-order valence-electron chi connectivity index (χ3n) is 3.41. The molecule has 1 aromatic carbocycles. The first-order valence-corrected chi connectivity index (χ1v) is 6.37. The van der Waals surface area contributed by atoms with Crippen molar-refractivity contribution in [1.82, 2.24) is 10.2 Å². The number of hydrogen-bond donors (Lipinski definition) is 1. The Bertz CT molecular complexity index is 488. The van der Waals surface area contributed by atoms with Crippen molar-refractivity contribution < 1.29 is 18.0 Å². The molecule has 1 fully saturated rings. The predicted octanol–water partition coefficient (Wildman–Crippen LogP) is 2.23. The molecule has 1 saturated heterocycles. The Morgan fingerprint density at radius 1 is 1.40 bits per heavy atom. The van der Waals surface area contributed by atoms with Crippen LogP contribution >= 0.6 is 0 Å². The highest BCUT2D eigenvalue weighted by atomic mass is 19.4. The van der Waals surface area contributed by atoms with E-state index >= 15 is 0 Å². The molecule has 1 radical (unpaired) electrons. The lowest BCUT2D eigenvalue weighted by Gasteiger charge is -2.24. The number of rotatable bonds is 3. The number of likely N-dealkylation sites (tertiary alicyclic amines) is 1. The Morgan fingerprint density at radius 3 is 2.75 bits per heavy atom. The number of halogens is 3. The standard InChI is InChI=1S/C14H16F3N2O/c1-18-13(20)12-7-4-8-19(12)9-10-5-2-3-6-11(10)14(15,16)17/h2-3,5-7,12H,4,8-9H2,1H3,(H,18,20). The van der Waals surface area contributed by atoms with Crippen molar-refractivity contribution in [2.24, 2.45) is 0 Å². The largest absolute Gasteiger partial charge is 0.416 e. The van der Waals surface area contributed by atoms with Gasteiger partial charge in [-0.15, -0.1) is 0 Å². The lowest BCUT2D eigenvalue weighted by atomic mass is 10.1. The second-order valence-corrected chi connectivity index (χ2v) is 4.71. The van der Waals surface area contributed by atoms with E-state index in [-0.39, 0.29) is 18.0 Å². The van der Waals surface area contributed by atoms with Crippen LogP contribution in [-0.2, 0) is 17.5 Å². The Morgan fingerprint density at radius 2 is 2.10 bits per heavy atom. The molecule has 1 unspecified atom stereocenters. The highest BCUT2D eigenvalue weighted by molar-refractivity contribution is 5.83. The summed E-state index contributed by atoms with van der Waals surface area (Å²) in [6.45, 7) is 0.703. The molecule has 1 heterocycles. The van der Waals surface area contributed by atoms with Crippen LogP contribution in [0.3, 0.4) is 0 Å². The highest BCUT2D eigenvalue weighted by Crippen LogP contribution is 2.33. The smallest absolute Gasteiger partial charge is 0.358 e.